The fourth-order valence-corrected chi connectivity index (χ4v) is 2.23. The van der Waals surface area contributed by atoms with Crippen LogP contribution in [-0.4, -0.2) is 40.0 Å². The highest BCUT2D eigenvalue weighted by Crippen LogP contribution is 2.18. The smallest absolute Gasteiger partial charge is 0.328 e. The van der Waals surface area contributed by atoms with Gasteiger partial charge in [-0.2, -0.15) is 0 Å². The minimum Gasteiger partial charge on any atom is -0.478 e. The first-order valence-corrected chi connectivity index (χ1v) is 6.71. The number of pyridine rings is 1. The molecule has 0 spiro atoms. The molecule has 0 atom stereocenters. The summed E-state index contributed by atoms with van der Waals surface area (Å²) in [5.41, 5.74) is 1.12. The molecule has 1 aliphatic rings. The van der Waals surface area contributed by atoms with E-state index in [-0.39, 0.29) is 5.91 Å². The van der Waals surface area contributed by atoms with E-state index in [4.69, 9.17) is 5.11 Å². The Kier molecular flexibility index (Phi) is 4.50. The van der Waals surface area contributed by atoms with Crippen molar-refractivity contribution < 1.29 is 14.7 Å². The first-order chi connectivity index (χ1) is 9.56. The van der Waals surface area contributed by atoms with Crippen LogP contribution in [0.5, 0.6) is 0 Å². The molecule has 106 valence electrons. The van der Waals surface area contributed by atoms with Crippen molar-refractivity contribution >= 4 is 18.0 Å². The summed E-state index contributed by atoms with van der Waals surface area (Å²) in [5, 5.41) is 8.60. The van der Waals surface area contributed by atoms with Gasteiger partial charge < -0.3 is 10.0 Å². The summed E-state index contributed by atoms with van der Waals surface area (Å²) in [5.74, 6) is -0.385. The predicted molar refractivity (Wildman–Crippen MR) is 75.2 cm³/mol. The average Bonchev–Trinajstić information content (AvgIpc) is 2.45. The van der Waals surface area contributed by atoms with Crippen LogP contribution in [0.3, 0.4) is 0 Å². The van der Waals surface area contributed by atoms with Crippen molar-refractivity contribution in [1.82, 2.24) is 9.88 Å². The molecule has 0 unspecified atom stereocenters. The van der Waals surface area contributed by atoms with Gasteiger partial charge in [-0.05, 0) is 36.5 Å². The van der Waals surface area contributed by atoms with Gasteiger partial charge in [-0.3, -0.25) is 9.78 Å². The number of aliphatic carboxylic acids is 1. The van der Waals surface area contributed by atoms with E-state index in [1.165, 1.54) is 18.5 Å². The number of aromatic nitrogens is 1. The topological polar surface area (TPSA) is 70.5 Å². The second kappa shape index (κ2) is 6.32. The number of carboxylic acids is 1. The van der Waals surface area contributed by atoms with E-state index >= 15 is 0 Å². The van der Waals surface area contributed by atoms with Gasteiger partial charge in [-0.25, -0.2) is 4.79 Å². The van der Waals surface area contributed by atoms with Crippen LogP contribution in [0.4, 0.5) is 0 Å². The summed E-state index contributed by atoms with van der Waals surface area (Å²) in [6.45, 7) is 3.74. The molecule has 1 aromatic heterocycles. The van der Waals surface area contributed by atoms with Gasteiger partial charge in [0, 0.05) is 31.6 Å². The summed E-state index contributed by atoms with van der Waals surface area (Å²) in [7, 11) is 0. The zero-order valence-corrected chi connectivity index (χ0v) is 11.5. The van der Waals surface area contributed by atoms with Gasteiger partial charge in [0.1, 0.15) is 0 Å². The fraction of sp³-hybridized carbons (Fsp3) is 0.400. The van der Waals surface area contributed by atoms with Crippen LogP contribution in [-0.2, 0) is 4.79 Å². The van der Waals surface area contributed by atoms with Gasteiger partial charge in [-0.15, -0.1) is 0 Å². The molecule has 1 aliphatic heterocycles. The Morgan fingerprint density at radius 1 is 1.35 bits per heavy atom. The van der Waals surface area contributed by atoms with Gasteiger partial charge in [0.25, 0.3) is 5.91 Å². The van der Waals surface area contributed by atoms with Gasteiger partial charge in [-0.1, -0.05) is 6.92 Å². The van der Waals surface area contributed by atoms with Crippen LogP contribution >= 0.6 is 0 Å². The Balaban J connectivity index is 2.10. The number of hydrogen-bond donors (Lipinski definition) is 1. The maximum Gasteiger partial charge on any atom is 0.328 e. The molecule has 5 nitrogen and oxygen atoms in total. The molecule has 20 heavy (non-hydrogen) atoms. The molecule has 1 N–H and O–H groups in total. The Morgan fingerprint density at radius 2 is 2.05 bits per heavy atom. The number of piperidine rings is 1. The molecule has 1 amide bonds. The largest absolute Gasteiger partial charge is 0.478 e. The molecule has 1 fully saturated rings. The fourth-order valence-electron chi connectivity index (χ4n) is 2.23. The maximum atomic E-state index is 12.3. The SMILES string of the molecule is CC1CCN(C(=O)c2cncc(C=CC(=O)O)c2)CC1. The molecule has 5 heteroatoms. The normalized spacial score (nSPS) is 16.6. The number of carbonyl (C=O) groups excluding carboxylic acids is 1. The molecular weight excluding hydrogens is 256 g/mol. The van der Waals surface area contributed by atoms with Crippen LogP contribution in [0, 0.1) is 5.92 Å². The lowest BCUT2D eigenvalue weighted by Gasteiger charge is -2.30. The Labute approximate surface area is 117 Å². The molecule has 0 aromatic carbocycles. The summed E-state index contributed by atoms with van der Waals surface area (Å²) >= 11 is 0. The molecule has 2 heterocycles. The van der Waals surface area contributed by atoms with Crippen LogP contribution < -0.4 is 0 Å². The van der Waals surface area contributed by atoms with E-state index in [0.29, 0.717) is 17.0 Å². The van der Waals surface area contributed by atoms with Crippen LogP contribution in [0.25, 0.3) is 6.08 Å². The number of nitrogens with zero attached hydrogens (tertiary/aromatic N) is 2. The third-order valence-corrected chi connectivity index (χ3v) is 3.50. The highest BCUT2D eigenvalue weighted by Gasteiger charge is 2.21. The standard InChI is InChI=1S/C15H18N2O3/c1-11-4-6-17(7-5-11)15(20)13-8-12(9-16-10-13)2-3-14(18)19/h2-3,8-11H,4-7H2,1H3,(H,18,19). The zero-order chi connectivity index (χ0) is 14.5. The lowest BCUT2D eigenvalue weighted by molar-refractivity contribution is -0.131. The summed E-state index contributed by atoms with van der Waals surface area (Å²) in [4.78, 5) is 28.7. The van der Waals surface area contributed by atoms with Crippen molar-refractivity contribution in [3.8, 4) is 0 Å². The van der Waals surface area contributed by atoms with E-state index in [1.807, 2.05) is 4.90 Å². The van der Waals surface area contributed by atoms with Gasteiger partial charge in [0.05, 0.1) is 5.56 Å². The average molecular weight is 274 g/mol. The molecule has 1 saturated heterocycles. The quantitative estimate of drug-likeness (QED) is 0.856. The zero-order valence-electron chi connectivity index (χ0n) is 11.5. The van der Waals surface area contributed by atoms with Crippen molar-refractivity contribution in [3.05, 3.63) is 35.7 Å². The monoisotopic (exact) mass is 274 g/mol. The number of carbonyl (C=O) groups is 2. The lowest BCUT2D eigenvalue weighted by Crippen LogP contribution is -2.37. The first-order valence-electron chi connectivity index (χ1n) is 6.71. The predicted octanol–water partition coefficient (Wildman–Crippen LogP) is 2.05. The summed E-state index contributed by atoms with van der Waals surface area (Å²) in [6.07, 6.45) is 7.58. The van der Waals surface area contributed by atoms with Crippen molar-refractivity contribution in [2.45, 2.75) is 19.8 Å². The Bertz CT molecular complexity index is 532. The third kappa shape index (κ3) is 3.66. The summed E-state index contributed by atoms with van der Waals surface area (Å²) in [6, 6.07) is 1.67. The van der Waals surface area contributed by atoms with Crippen molar-refractivity contribution in [1.29, 1.82) is 0 Å². The molecule has 0 radical (unpaired) electrons. The summed E-state index contributed by atoms with van der Waals surface area (Å²) < 4.78 is 0. The molecule has 0 aliphatic carbocycles. The highest BCUT2D eigenvalue weighted by molar-refractivity contribution is 5.94. The molecule has 2 rings (SSSR count). The van der Waals surface area contributed by atoms with E-state index in [2.05, 4.69) is 11.9 Å². The second-order valence-corrected chi connectivity index (χ2v) is 5.15. The molecule has 1 aromatic rings. The molecule has 0 saturated carbocycles. The number of hydrogen-bond acceptors (Lipinski definition) is 3. The Hall–Kier alpha value is -2.17. The van der Waals surface area contributed by atoms with E-state index < -0.39 is 5.97 Å². The van der Waals surface area contributed by atoms with Crippen LogP contribution in [0.1, 0.15) is 35.7 Å². The van der Waals surface area contributed by atoms with Gasteiger partial charge in [0.15, 0.2) is 0 Å². The Morgan fingerprint density at radius 3 is 2.70 bits per heavy atom. The molecule has 0 bridgehead atoms. The first kappa shape index (κ1) is 14.2. The minimum absolute atomic E-state index is 0.0324. The van der Waals surface area contributed by atoms with Crippen LogP contribution in [0.15, 0.2) is 24.5 Å². The van der Waals surface area contributed by atoms with E-state index in [0.717, 1.165) is 32.0 Å². The lowest BCUT2D eigenvalue weighted by atomic mass is 9.98. The van der Waals surface area contributed by atoms with Gasteiger partial charge >= 0.3 is 5.97 Å². The maximum absolute atomic E-state index is 12.3. The van der Waals surface area contributed by atoms with Crippen molar-refractivity contribution in [3.63, 3.8) is 0 Å². The number of likely N-dealkylation sites (tertiary alicyclic amines) is 1. The van der Waals surface area contributed by atoms with E-state index in [1.54, 1.807) is 6.07 Å². The third-order valence-electron chi connectivity index (χ3n) is 3.50. The minimum atomic E-state index is -1.02. The highest BCUT2D eigenvalue weighted by atomic mass is 16.4. The number of amides is 1. The van der Waals surface area contributed by atoms with Crippen LogP contribution in [0.2, 0.25) is 0 Å². The van der Waals surface area contributed by atoms with E-state index in [9.17, 15) is 9.59 Å². The number of carboxylic acid groups (broad SMARTS) is 1. The van der Waals surface area contributed by atoms with Crippen molar-refractivity contribution in [2.75, 3.05) is 13.1 Å². The van der Waals surface area contributed by atoms with Gasteiger partial charge in [0.2, 0.25) is 0 Å². The molecular formula is C15H18N2O3. The van der Waals surface area contributed by atoms with Crippen molar-refractivity contribution in [2.24, 2.45) is 5.92 Å². The second-order valence-electron chi connectivity index (χ2n) is 5.15. The number of rotatable bonds is 3.